The van der Waals surface area contributed by atoms with Gasteiger partial charge in [0.1, 0.15) is 5.75 Å². The zero-order valence-corrected chi connectivity index (χ0v) is 7.78. The van der Waals surface area contributed by atoms with Gasteiger partial charge in [-0.25, -0.2) is 4.79 Å². The summed E-state index contributed by atoms with van der Waals surface area (Å²) in [5.41, 5.74) is 0.976. The van der Waals surface area contributed by atoms with E-state index < -0.39 is 0 Å². The van der Waals surface area contributed by atoms with Crippen LogP contribution in [0.2, 0.25) is 0 Å². The predicted molar refractivity (Wildman–Crippen MR) is 52.6 cm³/mol. The van der Waals surface area contributed by atoms with Gasteiger partial charge in [-0.15, -0.1) is 4.99 Å². The van der Waals surface area contributed by atoms with Crippen molar-refractivity contribution in [1.82, 2.24) is 0 Å². The lowest BCUT2D eigenvalue weighted by Crippen LogP contribution is -1.89. The van der Waals surface area contributed by atoms with Gasteiger partial charge in [0.05, 0.1) is 7.11 Å². The third-order valence-corrected chi connectivity index (χ3v) is 1.65. The van der Waals surface area contributed by atoms with Crippen molar-refractivity contribution in [2.24, 2.45) is 4.99 Å². The maximum absolute atomic E-state index is 9.72. The summed E-state index contributed by atoms with van der Waals surface area (Å²) in [5, 5.41) is 0. The average molecular weight is 187 g/mol. The Bertz CT molecular complexity index is 409. The van der Waals surface area contributed by atoms with Crippen molar-refractivity contribution in [3.05, 3.63) is 29.8 Å². The summed E-state index contributed by atoms with van der Waals surface area (Å²) in [5.74, 6) is 3.51. The van der Waals surface area contributed by atoms with Gasteiger partial charge in [-0.2, -0.15) is 0 Å². The molecule has 0 N–H and O–H groups in total. The second-order valence-corrected chi connectivity index (χ2v) is 2.48. The Hall–Kier alpha value is -2.04. The summed E-state index contributed by atoms with van der Waals surface area (Å²) in [4.78, 5) is 12.9. The molecule has 1 aromatic carbocycles. The smallest absolute Gasteiger partial charge is 0.249 e. The number of nitrogens with zero attached hydrogens (tertiary/aromatic N) is 1. The number of para-hydroxylation sites is 1. The van der Waals surface area contributed by atoms with Gasteiger partial charge in [0.2, 0.25) is 6.08 Å². The van der Waals surface area contributed by atoms with Crippen molar-refractivity contribution in [3.8, 4) is 17.7 Å². The van der Waals surface area contributed by atoms with Crippen LogP contribution in [0.3, 0.4) is 0 Å². The predicted octanol–water partition coefficient (Wildman–Crippen LogP) is 1.53. The summed E-state index contributed by atoms with van der Waals surface area (Å²) in [7, 11) is 1.61. The highest BCUT2D eigenvalue weighted by Gasteiger charge is 1.97. The van der Waals surface area contributed by atoms with E-state index in [1.165, 1.54) is 6.08 Å². The molecule has 0 amide bonds. The lowest BCUT2D eigenvalue weighted by molar-refractivity contribution is 0.411. The Kier molecular flexibility index (Phi) is 4.00. The van der Waals surface area contributed by atoms with Gasteiger partial charge >= 0.3 is 0 Å². The third kappa shape index (κ3) is 2.78. The largest absolute Gasteiger partial charge is 0.496 e. The van der Waals surface area contributed by atoms with Crippen LogP contribution in [0.15, 0.2) is 29.3 Å². The number of aliphatic imine (C=N–C) groups is 1. The SMILES string of the molecule is COc1ccccc1CC#CN=C=O. The van der Waals surface area contributed by atoms with E-state index >= 15 is 0 Å². The molecule has 0 atom stereocenters. The number of benzene rings is 1. The fourth-order valence-corrected chi connectivity index (χ4v) is 1.05. The molecule has 70 valence electrons. The van der Waals surface area contributed by atoms with Crippen LogP contribution in [0.5, 0.6) is 5.75 Å². The number of carbonyl (C=O) groups excluding carboxylic acids is 1. The standard InChI is InChI=1S/C11H9NO2/c1-14-11-7-3-2-5-10(11)6-4-8-12-9-13/h2-3,5,7H,6H2,1H3. The van der Waals surface area contributed by atoms with E-state index in [9.17, 15) is 4.79 Å². The van der Waals surface area contributed by atoms with Crippen molar-refractivity contribution >= 4 is 6.08 Å². The van der Waals surface area contributed by atoms with Crippen molar-refractivity contribution in [1.29, 1.82) is 0 Å². The van der Waals surface area contributed by atoms with Crippen molar-refractivity contribution in [3.63, 3.8) is 0 Å². The second-order valence-electron chi connectivity index (χ2n) is 2.48. The van der Waals surface area contributed by atoms with Crippen molar-refractivity contribution < 1.29 is 9.53 Å². The summed E-state index contributed by atoms with van der Waals surface area (Å²) in [6, 6.07) is 9.90. The van der Waals surface area contributed by atoms with E-state index in [4.69, 9.17) is 4.74 Å². The molecule has 0 radical (unpaired) electrons. The fourth-order valence-electron chi connectivity index (χ4n) is 1.05. The third-order valence-electron chi connectivity index (χ3n) is 1.65. The first-order valence-corrected chi connectivity index (χ1v) is 4.05. The molecule has 3 nitrogen and oxygen atoms in total. The van der Waals surface area contributed by atoms with Crippen LogP contribution in [0.25, 0.3) is 0 Å². The highest BCUT2D eigenvalue weighted by atomic mass is 16.5. The Morgan fingerprint density at radius 1 is 1.43 bits per heavy atom. The Labute approximate surface area is 82.4 Å². The molecule has 3 heteroatoms. The van der Waals surface area contributed by atoms with Crippen LogP contribution in [-0.2, 0) is 11.2 Å². The van der Waals surface area contributed by atoms with E-state index in [0.29, 0.717) is 6.42 Å². The molecular formula is C11H9NO2. The molecule has 0 saturated carbocycles. The fraction of sp³-hybridized carbons (Fsp3) is 0.182. The molecule has 0 unspecified atom stereocenters. The molecule has 0 aliphatic carbocycles. The van der Waals surface area contributed by atoms with Gasteiger partial charge in [-0.3, -0.25) is 0 Å². The molecule has 0 heterocycles. The molecule has 0 bridgehead atoms. The van der Waals surface area contributed by atoms with Crippen molar-refractivity contribution in [2.45, 2.75) is 6.42 Å². The first-order chi connectivity index (χ1) is 6.88. The minimum absolute atomic E-state index is 0.509. The number of methoxy groups -OCH3 is 1. The molecule has 0 aliphatic rings. The zero-order valence-electron chi connectivity index (χ0n) is 7.78. The van der Waals surface area contributed by atoms with Crippen LogP contribution in [0.1, 0.15) is 5.56 Å². The molecule has 14 heavy (non-hydrogen) atoms. The molecule has 0 saturated heterocycles. The first-order valence-electron chi connectivity index (χ1n) is 4.05. The van der Waals surface area contributed by atoms with Gasteiger partial charge in [0.25, 0.3) is 0 Å². The minimum Gasteiger partial charge on any atom is -0.496 e. The normalized spacial score (nSPS) is 8.07. The van der Waals surface area contributed by atoms with Crippen LogP contribution < -0.4 is 4.74 Å². The van der Waals surface area contributed by atoms with Crippen LogP contribution in [-0.4, -0.2) is 13.2 Å². The topological polar surface area (TPSA) is 38.7 Å². The summed E-state index contributed by atoms with van der Waals surface area (Å²) >= 11 is 0. The quantitative estimate of drug-likeness (QED) is 0.400. The van der Waals surface area contributed by atoms with Gasteiger partial charge in [0.15, 0.2) is 0 Å². The highest BCUT2D eigenvalue weighted by Crippen LogP contribution is 2.16. The maximum Gasteiger partial charge on any atom is 0.249 e. The van der Waals surface area contributed by atoms with Crippen LogP contribution in [0, 0.1) is 12.0 Å². The molecule has 0 aliphatic heterocycles. The van der Waals surface area contributed by atoms with Gasteiger partial charge in [-0.05, 0) is 6.07 Å². The summed E-state index contributed by atoms with van der Waals surface area (Å²) in [6.45, 7) is 0. The average Bonchev–Trinajstić information content (AvgIpc) is 2.25. The first kappa shape index (κ1) is 10.0. The van der Waals surface area contributed by atoms with Crippen LogP contribution >= 0.6 is 0 Å². The second kappa shape index (κ2) is 5.58. The zero-order chi connectivity index (χ0) is 10.2. The summed E-state index contributed by atoms with van der Waals surface area (Å²) in [6.07, 6.45) is 1.86. The van der Waals surface area contributed by atoms with E-state index in [-0.39, 0.29) is 0 Å². The summed E-state index contributed by atoms with van der Waals surface area (Å²) < 4.78 is 5.13. The molecule has 0 spiro atoms. The van der Waals surface area contributed by atoms with E-state index in [1.807, 2.05) is 24.3 Å². The number of isocyanates is 1. The lowest BCUT2D eigenvalue weighted by atomic mass is 10.1. The van der Waals surface area contributed by atoms with E-state index in [0.717, 1.165) is 11.3 Å². The van der Waals surface area contributed by atoms with E-state index in [2.05, 4.69) is 17.0 Å². The number of rotatable bonds is 2. The Morgan fingerprint density at radius 2 is 2.21 bits per heavy atom. The molecule has 1 aromatic rings. The number of ether oxygens (including phenoxy) is 1. The molecule has 0 aromatic heterocycles. The minimum atomic E-state index is 0.509. The molecule has 0 fully saturated rings. The number of hydrogen-bond acceptors (Lipinski definition) is 3. The highest BCUT2D eigenvalue weighted by molar-refractivity contribution is 5.38. The van der Waals surface area contributed by atoms with Crippen molar-refractivity contribution in [2.75, 3.05) is 7.11 Å². The van der Waals surface area contributed by atoms with Gasteiger partial charge in [-0.1, -0.05) is 24.1 Å². The van der Waals surface area contributed by atoms with Crippen LogP contribution in [0.4, 0.5) is 0 Å². The maximum atomic E-state index is 9.72. The van der Waals surface area contributed by atoms with Gasteiger partial charge < -0.3 is 4.74 Å². The molecular weight excluding hydrogens is 178 g/mol. The Morgan fingerprint density at radius 3 is 2.93 bits per heavy atom. The van der Waals surface area contributed by atoms with Gasteiger partial charge in [0, 0.05) is 18.0 Å². The molecule has 1 rings (SSSR count). The lowest BCUT2D eigenvalue weighted by Gasteiger charge is -2.03. The Balaban J connectivity index is 2.77. The number of hydrogen-bond donors (Lipinski definition) is 0. The van der Waals surface area contributed by atoms with E-state index in [1.54, 1.807) is 7.11 Å². The monoisotopic (exact) mass is 187 g/mol.